The van der Waals surface area contributed by atoms with Gasteiger partial charge in [0.15, 0.2) is 17.5 Å². The first kappa shape index (κ1) is 22.3. The molecule has 3 aromatic rings. The van der Waals surface area contributed by atoms with Gasteiger partial charge in [0.25, 0.3) is 5.88 Å². The molecule has 5 heterocycles. The molecule has 2 aliphatic rings. The first-order chi connectivity index (χ1) is 16.5. The van der Waals surface area contributed by atoms with E-state index in [0.29, 0.717) is 42.3 Å². The summed E-state index contributed by atoms with van der Waals surface area (Å²) in [6, 6.07) is 4.03. The standard InChI is InChI=1S/C23H28FN9O/c1-14(2)33-10-11-34-22-21(33)27-18(13-25-22)20-16(24)12-26-23(29-20)28-19-5-4-17(30-31-19)15-6-8-32(3)9-7-15/h4-5,12-15H,6-11H2,1-3H3,(H,26,28,29,31). The number of rotatable bonds is 5. The van der Waals surface area contributed by atoms with E-state index in [1.165, 1.54) is 6.20 Å². The van der Waals surface area contributed by atoms with Gasteiger partial charge in [-0.3, -0.25) is 0 Å². The van der Waals surface area contributed by atoms with Crippen LogP contribution in [0.15, 0.2) is 24.5 Å². The Balaban J connectivity index is 1.36. The fourth-order valence-electron chi connectivity index (χ4n) is 4.27. The smallest absolute Gasteiger partial charge is 0.257 e. The molecule has 2 aliphatic heterocycles. The Morgan fingerprint density at radius 3 is 2.62 bits per heavy atom. The number of nitrogens with zero attached hydrogens (tertiary/aromatic N) is 8. The van der Waals surface area contributed by atoms with Crippen molar-refractivity contribution in [3.63, 3.8) is 0 Å². The van der Waals surface area contributed by atoms with Gasteiger partial charge in [-0.2, -0.15) is 5.10 Å². The van der Waals surface area contributed by atoms with E-state index in [4.69, 9.17) is 4.74 Å². The zero-order valence-corrected chi connectivity index (χ0v) is 19.6. The van der Waals surface area contributed by atoms with E-state index in [9.17, 15) is 4.39 Å². The lowest BCUT2D eigenvalue weighted by molar-refractivity contribution is 0.253. The molecule has 0 amide bonds. The second-order valence-corrected chi connectivity index (χ2v) is 8.96. The predicted molar refractivity (Wildman–Crippen MR) is 126 cm³/mol. The first-order valence-electron chi connectivity index (χ1n) is 11.6. The van der Waals surface area contributed by atoms with E-state index in [2.05, 4.69) is 66.1 Å². The first-order valence-corrected chi connectivity index (χ1v) is 11.6. The lowest BCUT2D eigenvalue weighted by Gasteiger charge is -2.32. The number of halogens is 1. The quantitative estimate of drug-likeness (QED) is 0.604. The molecule has 1 N–H and O–H groups in total. The molecule has 0 aliphatic carbocycles. The van der Waals surface area contributed by atoms with Crippen LogP contribution in [0.2, 0.25) is 0 Å². The number of aromatic nitrogens is 6. The van der Waals surface area contributed by atoms with Gasteiger partial charge in [0.2, 0.25) is 5.95 Å². The van der Waals surface area contributed by atoms with Crippen LogP contribution in [0.5, 0.6) is 5.88 Å². The molecule has 0 saturated carbocycles. The maximum Gasteiger partial charge on any atom is 0.257 e. The molecule has 11 heteroatoms. The Hall–Kier alpha value is -3.47. The van der Waals surface area contributed by atoms with Gasteiger partial charge >= 0.3 is 0 Å². The Kier molecular flexibility index (Phi) is 6.18. The van der Waals surface area contributed by atoms with E-state index < -0.39 is 5.82 Å². The van der Waals surface area contributed by atoms with Crippen molar-refractivity contribution in [2.75, 3.05) is 43.5 Å². The number of fused-ring (bicyclic) bond motifs is 1. The van der Waals surface area contributed by atoms with E-state index >= 15 is 0 Å². The molecule has 3 aromatic heterocycles. The summed E-state index contributed by atoms with van der Waals surface area (Å²) in [5.41, 5.74) is 1.35. The number of ether oxygens (including phenoxy) is 1. The SMILES string of the molecule is CC(C)N1CCOc2ncc(-c3nc(Nc4ccc(C5CCN(C)CC5)nn4)ncc3F)nc21. The zero-order chi connectivity index (χ0) is 23.7. The Bertz CT molecular complexity index is 1150. The summed E-state index contributed by atoms with van der Waals surface area (Å²) >= 11 is 0. The van der Waals surface area contributed by atoms with Gasteiger partial charge < -0.3 is 19.9 Å². The second-order valence-electron chi connectivity index (χ2n) is 8.96. The third-order valence-electron chi connectivity index (χ3n) is 6.24. The summed E-state index contributed by atoms with van der Waals surface area (Å²) in [6.07, 6.45) is 4.73. The summed E-state index contributed by atoms with van der Waals surface area (Å²) in [6.45, 7) is 7.47. The van der Waals surface area contributed by atoms with Crippen molar-refractivity contribution in [3.05, 3.63) is 36.0 Å². The molecule has 0 aromatic carbocycles. The lowest BCUT2D eigenvalue weighted by Crippen LogP contribution is -2.39. The summed E-state index contributed by atoms with van der Waals surface area (Å²) in [5.74, 6) is 1.55. The van der Waals surface area contributed by atoms with E-state index in [0.717, 1.165) is 37.8 Å². The van der Waals surface area contributed by atoms with Crippen LogP contribution in [0.3, 0.4) is 0 Å². The van der Waals surface area contributed by atoms with Crippen LogP contribution < -0.4 is 15.0 Å². The van der Waals surface area contributed by atoms with Crippen molar-refractivity contribution in [1.82, 2.24) is 35.0 Å². The maximum absolute atomic E-state index is 14.7. The summed E-state index contributed by atoms with van der Waals surface area (Å²) < 4.78 is 20.3. The molecule has 0 atom stereocenters. The van der Waals surface area contributed by atoms with E-state index in [1.54, 1.807) is 0 Å². The van der Waals surface area contributed by atoms with Crippen LogP contribution in [0, 0.1) is 5.82 Å². The number of hydrogen-bond donors (Lipinski definition) is 1. The summed E-state index contributed by atoms with van der Waals surface area (Å²) in [7, 11) is 2.13. The maximum atomic E-state index is 14.7. The largest absolute Gasteiger partial charge is 0.473 e. The van der Waals surface area contributed by atoms with Crippen molar-refractivity contribution in [2.24, 2.45) is 0 Å². The Morgan fingerprint density at radius 1 is 1.06 bits per heavy atom. The molecule has 0 spiro atoms. The molecule has 5 rings (SSSR count). The fraction of sp³-hybridized carbons (Fsp3) is 0.478. The summed E-state index contributed by atoms with van der Waals surface area (Å²) in [5, 5.41) is 11.7. The average molecular weight is 466 g/mol. The third-order valence-corrected chi connectivity index (χ3v) is 6.24. The van der Waals surface area contributed by atoms with Crippen molar-refractivity contribution >= 4 is 17.6 Å². The zero-order valence-electron chi connectivity index (χ0n) is 19.6. The van der Waals surface area contributed by atoms with Crippen LogP contribution >= 0.6 is 0 Å². The van der Waals surface area contributed by atoms with Crippen molar-refractivity contribution in [2.45, 2.75) is 38.6 Å². The highest BCUT2D eigenvalue weighted by atomic mass is 19.1. The second kappa shape index (κ2) is 9.41. The number of likely N-dealkylation sites (tertiary alicyclic amines) is 1. The molecule has 1 fully saturated rings. The highest BCUT2D eigenvalue weighted by Gasteiger charge is 2.25. The molecule has 10 nitrogen and oxygen atoms in total. The van der Waals surface area contributed by atoms with Crippen LogP contribution in [0.4, 0.5) is 22.0 Å². The van der Waals surface area contributed by atoms with Gasteiger partial charge in [0, 0.05) is 12.0 Å². The van der Waals surface area contributed by atoms with Gasteiger partial charge in [-0.25, -0.2) is 24.3 Å². The minimum absolute atomic E-state index is 0.0537. The number of anilines is 3. The number of piperidine rings is 1. The van der Waals surface area contributed by atoms with Crippen molar-refractivity contribution in [1.29, 1.82) is 0 Å². The van der Waals surface area contributed by atoms with Gasteiger partial charge in [-0.1, -0.05) is 0 Å². The molecule has 0 unspecified atom stereocenters. The van der Waals surface area contributed by atoms with Crippen molar-refractivity contribution < 1.29 is 9.13 Å². The van der Waals surface area contributed by atoms with Crippen LogP contribution in [0.25, 0.3) is 11.4 Å². The number of hydrogen-bond acceptors (Lipinski definition) is 10. The lowest BCUT2D eigenvalue weighted by atomic mass is 9.94. The Labute approximate surface area is 197 Å². The normalized spacial score (nSPS) is 16.9. The minimum Gasteiger partial charge on any atom is -0.473 e. The average Bonchev–Trinajstić information content (AvgIpc) is 2.85. The van der Waals surface area contributed by atoms with Gasteiger partial charge in [0.05, 0.1) is 24.6 Å². The molecular formula is C23H28FN9O. The van der Waals surface area contributed by atoms with Gasteiger partial charge in [-0.15, -0.1) is 5.10 Å². The predicted octanol–water partition coefficient (Wildman–Crippen LogP) is 3.02. The van der Waals surface area contributed by atoms with E-state index in [1.807, 2.05) is 12.1 Å². The van der Waals surface area contributed by atoms with Crippen LogP contribution in [0.1, 0.15) is 38.3 Å². The van der Waals surface area contributed by atoms with E-state index in [-0.39, 0.29) is 17.7 Å². The van der Waals surface area contributed by atoms with Crippen LogP contribution in [-0.4, -0.2) is 74.4 Å². The number of nitrogens with one attached hydrogen (secondary N) is 1. The third kappa shape index (κ3) is 4.60. The fourth-order valence-corrected chi connectivity index (χ4v) is 4.27. The highest BCUT2D eigenvalue weighted by molar-refractivity contribution is 5.62. The monoisotopic (exact) mass is 465 g/mol. The molecular weight excluding hydrogens is 437 g/mol. The molecule has 178 valence electrons. The van der Waals surface area contributed by atoms with Gasteiger partial charge in [-0.05, 0) is 59.0 Å². The summed E-state index contributed by atoms with van der Waals surface area (Å²) in [4.78, 5) is 21.8. The van der Waals surface area contributed by atoms with Gasteiger partial charge in [0.1, 0.15) is 18.0 Å². The molecule has 0 radical (unpaired) electrons. The minimum atomic E-state index is -0.587. The molecule has 34 heavy (non-hydrogen) atoms. The van der Waals surface area contributed by atoms with Crippen molar-refractivity contribution in [3.8, 4) is 17.3 Å². The topological polar surface area (TPSA) is 105 Å². The van der Waals surface area contributed by atoms with Crippen LogP contribution in [-0.2, 0) is 0 Å². The molecule has 1 saturated heterocycles. The highest BCUT2D eigenvalue weighted by Crippen LogP contribution is 2.32. The Morgan fingerprint density at radius 2 is 1.88 bits per heavy atom. The molecule has 0 bridgehead atoms.